The van der Waals surface area contributed by atoms with Crippen LogP contribution in [0.1, 0.15) is 18.1 Å². The number of hydrogen-bond acceptors (Lipinski definition) is 4. The van der Waals surface area contributed by atoms with Gasteiger partial charge >= 0.3 is 5.97 Å². The number of sulfone groups is 1. The molecule has 2 atom stereocenters. The van der Waals surface area contributed by atoms with Gasteiger partial charge in [0, 0.05) is 0 Å². The Morgan fingerprint density at radius 2 is 2.31 bits per heavy atom. The number of carboxylic acid groups (broad SMARTS) is 1. The molecule has 0 bridgehead atoms. The molecule has 16 heavy (non-hydrogen) atoms. The van der Waals surface area contributed by atoms with Crippen molar-refractivity contribution in [2.45, 2.75) is 12.3 Å². The molecule has 0 amide bonds. The molecule has 88 valence electrons. The first-order chi connectivity index (χ1) is 7.49. The van der Waals surface area contributed by atoms with Crippen LogP contribution in [0.25, 0.3) is 0 Å². The Labute approximate surface area is 93.0 Å². The van der Waals surface area contributed by atoms with Gasteiger partial charge in [0.1, 0.15) is 11.7 Å². The first kappa shape index (κ1) is 11.2. The third-order valence-electron chi connectivity index (χ3n) is 2.85. The van der Waals surface area contributed by atoms with E-state index in [9.17, 15) is 13.2 Å². The second-order valence-electron chi connectivity index (χ2n) is 3.99. The number of carboxylic acids is 1. The largest absolute Gasteiger partial charge is 0.481 e. The quantitative estimate of drug-likeness (QED) is 0.853. The van der Waals surface area contributed by atoms with Crippen molar-refractivity contribution in [1.82, 2.24) is 0 Å². The summed E-state index contributed by atoms with van der Waals surface area (Å²) in [6, 6.07) is 3.18. The molecule has 2 heterocycles. The standard InChI is InChI=1S/C10H12O5S/c11-10(12)9(8-2-1-4-15-8)7-3-5-16(13,14)6-7/h1-2,4,7,9H,3,5-6H2,(H,11,12). The number of hydrogen-bond donors (Lipinski definition) is 1. The van der Waals surface area contributed by atoms with Gasteiger partial charge in [0.2, 0.25) is 0 Å². The molecule has 1 aliphatic rings. The summed E-state index contributed by atoms with van der Waals surface area (Å²) in [7, 11) is -3.07. The number of furan rings is 1. The van der Waals surface area contributed by atoms with Crippen LogP contribution >= 0.6 is 0 Å². The number of aliphatic carboxylic acids is 1. The average Bonchev–Trinajstić information content (AvgIpc) is 2.76. The summed E-state index contributed by atoms with van der Waals surface area (Å²) in [6.45, 7) is 0. The molecule has 1 aromatic heterocycles. The van der Waals surface area contributed by atoms with Gasteiger partial charge in [-0.05, 0) is 24.5 Å². The minimum absolute atomic E-state index is 0.0648. The topological polar surface area (TPSA) is 84.6 Å². The maximum atomic E-state index is 11.3. The van der Waals surface area contributed by atoms with Crippen LogP contribution in [0.2, 0.25) is 0 Å². The van der Waals surface area contributed by atoms with Crippen LogP contribution in [-0.2, 0) is 14.6 Å². The molecular formula is C10H12O5S. The maximum Gasteiger partial charge on any atom is 0.314 e. The SMILES string of the molecule is O=C(O)C(c1ccco1)C1CCS(=O)(=O)C1. The van der Waals surface area contributed by atoms with E-state index in [2.05, 4.69) is 0 Å². The smallest absolute Gasteiger partial charge is 0.314 e. The highest BCUT2D eigenvalue weighted by atomic mass is 32.2. The highest BCUT2D eigenvalue weighted by Gasteiger charge is 2.39. The van der Waals surface area contributed by atoms with Gasteiger partial charge < -0.3 is 9.52 Å². The summed E-state index contributed by atoms with van der Waals surface area (Å²) >= 11 is 0. The van der Waals surface area contributed by atoms with E-state index < -0.39 is 21.7 Å². The predicted molar refractivity (Wildman–Crippen MR) is 55.8 cm³/mol. The Morgan fingerprint density at radius 3 is 2.75 bits per heavy atom. The minimum Gasteiger partial charge on any atom is -0.481 e. The maximum absolute atomic E-state index is 11.3. The Balaban J connectivity index is 2.26. The van der Waals surface area contributed by atoms with Gasteiger partial charge in [0.15, 0.2) is 9.84 Å². The monoisotopic (exact) mass is 244 g/mol. The number of carbonyl (C=O) groups is 1. The lowest BCUT2D eigenvalue weighted by Crippen LogP contribution is -2.22. The molecule has 1 aromatic rings. The van der Waals surface area contributed by atoms with E-state index in [0.29, 0.717) is 12.2 Å². The third-order valence-corrected chi connectivity index (χ3v) is 4.65. The lowest BCUT2D eigenvalue weighted by molar-refractivity contribution is -0.140. The van der Waals surface area contributed by atoms with Crippen LogP contribution in [0.4, 0.5) is 0 Å². The molecule has 0 aromatic carbocycles. The lowest BCUT2D eigenvalue weighted by atomic mass is 9.90. The molecule has 1 N–H and O–H groups in total. The van der Waals surface area contributed by atoms with Gasteiger partial charge in [-0.25, -0.2) is 8.42 Å². The zero-order valence-electron chi connectivity index (χ0n) is 8.50. The highest BCUT2D eigenvalue weighted by Crippen LogP contribution is 2.33. The fraction of sp³-hybridized carbons (Fsp3) is 0.500. The summed E-state index contributed by atoms with van der Waals surface area (Å²) in [6.07, 6.45) is 1.79. The summed E-state index contributed by atoms with van der Waals surface area (Å²) in [5.74, 6) is -1.93. The fourth-order valence-corrected chi connectivity index (χ4v) is 3.95. The Morgan fingerprint density at radius 1 is 1.56 bits per heavy atom. The fourth-order valence-electron chi connectivity index (χ4n) is 2.11. The van der Waals surface area contributed by atoms with Gasteiger partial charge in [0.25, 0.3) is 0 Å². The van der Waals surface area contributed by atoms with Crippen molar-refractivity contribution in [3.8, 4) is 0 Å². The van der Waals surface area contributed by atoms with E-state index in [-0.39, 0.29) is 17.4 Å². The molecule has 2 rings (SSSR count). The molecule has 0 radical (unpaired) electrons. The second kappa shape index (κ2) is 3.93. The van der Waals surface area contributed by atoms with Gasteiger partial charge in [-0.2, -0.15) is 0 Å². The van der Waals surface area contributed by atoms with Crippen LogP contribution < -0.4 is 0 Å². The molecule has 2 unspecified atom stereocenters. The second-order valence-corrected chi connectivity index (χ2v) is 6.22. The highest BCUT2D eigenvalue weighted by molar-refractivity contribution is 7.91. The molecule has 0 spiro atoms. The average molecular weight is 244 g/mol. The Bertz CT molecular complexity index is 473. The van der Waals surface area contributed by atoms with E-state index >= 15 is 0 Å². The van der Waals surface area contributed by atoms with Crippen molar-refractivity contribution in [2.75, 3.05) is 11.5 Å². The van der Waals surface area contributed by atoms with Crippen molar-refractivity contribution in [2.24, 2.45) is 5.92 Å². The van der Waals surface area contributed by atoms with Crippen molar-refractivity contribution in [1.29, 1.82) is 0 Å². The van der Waals surface area contributed by atoms with Crippen molar-refractivity contribution in [3.63, 3.8) is 0 Å². The molecule has 1 saturated heterocycles. The van der Waals surface area contributed by atoms with Crippen LogP contribution in [-0.4, -0.2) is 31.0 Å². The summed E-state index contributed by atoms with van der Waals surface area (Å²) < 4.78 is 27.7. The summed E-state index contributed by atoms with van der Waals surface area (Å²) in [5, 5.41) is 9.12. The van der Waals surface area contributed by atoms with E-state index in [1.165, 1.54) is 6.26 Å². The summed E-state index contributed by atoms with van der Waals surface area (Å²) in [5.41, 5.74) is 0. The lowest BCUT2D eigenvalue weighted by Gasteiger charge is -2.15. The normalized spacial score (nSPS) is 25.4. The molecule has 0 saturated carbocycles. The van der Waals surface area contributed by atoms with Crippen molar-refractivity contribution in [3.05, 3.63) is 24.2 Å². The van der Waals surface area contributed by atoms with Gasteiger partial charge in [0.05, 0.1) is 17.8 Å². The van der Waals surface area contributed by atoms with E-state index in [1.807, 2.05) is 0 Å². The predicted octanol–water partition coefficient (Wildman–Crippen LogP) is 0.883. The van der Waals surface area contributed by atoms with E-state index in [4.69, 9.17) is 9.52 Å². The molecule has 1 aliphatic heterocycles. The van der Waals surface area contributed by atoms with Crippen LogP contribution in [0, 0.1) is 5.92 Å². The zero-order chi connectivity index (χ0) is 11.8. The molecule has 1 fully saturated rings. The zero-order valence-corrected chi connectivity index (χ0v) is 9.31. The van der Waals surface area contributed by atoms with Gasteiger partial charge in [-0.3, -0.25) is 4.79 Å². The van der Waals surface area contributed by atoms with Crippen molar-refractivity contribution >= 4 is 15.8 Å². The van der Waals surface area contributed by atoms with Crippen LogP contribution in [0.3, 0.4) is 0 Å². The first-order valence-electron chi connectivity index (χ1n) is 4.96. The van der Waals surface area contributed by atoms with E-state index in [0.717, 1.165) is 0 Å². The summed E-state index contributed by atoms with van der Waals surface area (Å²) in [4.78, 5) is 11.1. The molecule has 6 heteroatoms. The minimum atomic E-state index is -3.07. The van der Waals surface area contributed by atoms with Crippen LogP contribution in [0.5, 0.6) is 0 Å². The van der Waals surface area contributed by atoms with Crippen molar-refractivity contribution < 1.29 is 22.7 Å². The van der Waals surface area contributed by atoms with Crippen LogP contribution in [0.15, 0.2) is 22.8 Å². The number of rotatable bonds is 3. The van der Waals surface area contributed by atoms with Gasteiger partial charge in [-0.15, -0.1) is 0 Å². The Hall–Kier alpha value is -1.30. The molecular weight excluding hydrogens is 232 g/mol. The first-order valence-corrected chi connectivity index (χ1v) is 6.78. The third kappa shape index (κ3) is 2.11. The van der Waals surface area contributed by atoms with Gasteiger partial charge in [-0.1, -0.05) is 0 Å². The van der Waals surface area contributed by atoms with E-state index in [1.54, 1.807) is 12.1 Å². The molecule has 5 nitrogen and oxygen atoms in total. The Kier molecular flexibility index (Phi) is 2.75. The molecule has 0 aliphatic carbocycles.